The van der Waals surface area contributed by atoms with Crippen molar-refractivity contribution in [3.8, 4) is 23.1 Å². The summed E-state index contributed by atoms with van der Waals surface area (Å²) in [5.74, 6) is 0.624. The minimum absolute atomic E-state index is 0.0122. The Morgan fingerprint density at radius 2 is 1.88 bits per heavy atom. The Kier molecular flexibility index (Phi) is 7.82. The fourth-order valence-electron chi connectivity index (χ4n) is 3.44. The van der Waals surface area contributed by atoms with E-state index in [4.69, 9.17) is 10.00 Å². The Bertz CT molecular complexity index is 1190. The minimum Gasteiger partial charge on any atom is -0.470 e. The van der Waals surface area contributed by atoms with E-state index in [1.807, 2.05) is 74.2 Å². The van der Waals surface area contributed by atoms with Crippen molar-refractivity contribution >= 4 is 5.69 Å². The van der Waals surface area contributed by atoms with Crippen LogP contribution in [0.25, 0.3) is 11.1 Å². The van der Waals surface area contributed by atoms with Gasteiger partial charge in [0.2, 0.25) is 5.88 Å². The Labute approximate surface area is 199 Å². The standard InChI is InChI=1S/C20H21N7O.C6H6/c1-27-13-16(10-26-27)15-6-19-20(25-9-15)28-18(12-24-19)11-22-5-4-17-3-2-14(7-21)8-23-17;1-2-4-6-5-3-1/h2-3,6,8-10,13,18,22,24H,4-5,11-12H2,1H3;1-6H/t18-;/m1./s1. The summed E-state index contributed by atoms with van der Waals surface area (Å²) in [4.78, 5) is 8.74. The molecule has 0 saturated heterocycles. The van der Waals surface area contributed by atoms with Gasteiger partial charge in [-0.25, -0.2) is 4.98 Å². The number of benzene rings is 1. The minimum atomic E-state index is 0.0122. The highest BCUT2D eigenvalue weighted by atomic mass is 16.5. The first-order valence-electron chi connectivity index (χ1n) is 11.2. The smallest absolute Gasteiger partial charge is 0.237 e. The van der Waals surface area contributed by atoms with Crippen molar-refractivity contribution < 1.29 is 4.74 Å². The Hall–Kier alpha value is -4.22. The van der Waals surface area contributed by atoms with Crippen molar-refractivity contribution in [2.24, 2.45) is 7.05 Å². The number of hydrogen-bond acceptors (Lipinski definition) is 7. The van der Waals surface area contributed by atoms with Crippen molar-refractivity contribution in [2.75, 3.05) is 25.0 Å². The van der Waals surface area contributed by atoms with Crippen LogP contribution in [-0.4, -0.2) is 45.5 Å². The molecule has 3 aromatic heterocycles. The van der Waals surface area contributed by atoms with E-state index in [2.05, 4.69) is 31.8 Å². The molecule has 0 aliphatic carbocycles. The molecule has 4 heterocycles. The summed E-state index contributed by atoms with van der Waals surface area (Å²) in [5, 5.41) is 19.8. The Morgan fingerprint density at radius 1 is 1.09 bits per heavy atom. The molecule has 172 valence electrons. The predicted molar refractivity (Wildman–Crippen MR) is 131 cm³/mol. The number of nitrogens with zero attached hydrogens (tertiary/aromatic N) is 5. The second-order valence-corrected chi connectivity index (χ2v) is 7.86. The molecule has 4 aromatic rings. The first kappa shape index (κ1) is 23.0. The molecule has 2 N–H and O–H groups in total. The highest BCUT2D eigenvalue weighted by Crippen LogP contribution is 2.30. The van der Waals surface area contributed by atoms with Crippen LogP contribution in [-0.2, 0) is 13.5 Å². The maximum absolute atomic E-state index is 8.80. The van der Waals surface area contributed by atoms with E-state index < -0.39 is 0 Å². The van der Waals surface area contributed by atoms with Gasteiger partial charge in [-0.05, 0) is 18.2 Å². The molecule has 1 aliphatic rings. The summed E-state index contributed by atoms with van der Waals surface area (Å²) in [6, 6.07) is 19.8. The number of rotatable bonds is 6. The molecule has 0 fully saturated rings. The van der Waals surface area contributed by atoms with Crippen LogP contribution < -0.4 is 15.4 Å². The summed E-state index contributed by atoms with van der Waals surface area (Å²) >= 11 is 0. The Morgan fingerprint density at radius 3 is 2.53 bits per heavy atom. The molecular formula is C26H27N7O. The number of ether oxygens (including phenoxy) is 1. The van der Waals surface area contributed by atoms with Gasteiger partial charge >= 0.3 is 0 Å². The van der Waals surface area contributed by atoms with Gasteiger partial charge in [-0.1, -0.05) is 36.4 Å². The van der Waals surface area contributed by atoms with Crippen LogP contribution in [0.5, 0.6) is 5.88 Å². The molecule has 0 saturated carbocycles. The normalized spacial score (nSPS) is 13.9. The number of aromatic nitrogens is 4. The molecule has 0 radical (unpaired) electrons. The van der Waals surface area contributed by atoms with Gasteiger partial charge in [0.25, 0.3) is 0 Å². The summed E-state index contributed by atoms with van der Waals surface area (Å²) < 4.78 is 7.77. The lowest BCUT2D eigenvalue weighted by Crippen LogP contribution is -2.40. The Balaban J connectivity index is 0.000000398. The lowest BCUT2D eigenvalue weighted by molar-refractivity contribution is 0.194. The SMILES string of the molecule is Cn1cc(-c2cnc3c(c2)NC[C@@H](CNCCc2ccc(C#N)cn2)O3)cn1.c1ccccc1. The van der Waals surface area contributed by atoms with Crippen LogP contribution in [0.15, 0.2) is 79.4 Å². The van der Waals surface area contributed by atoms with Gasteiger partial charge in [0.1, 0.15) is 12.2 Å². The van der Waals surface area contributed by atoms with Gasteiger partial charge in [-0.3, -0.25) is 9.67 Å². The van der Waals surface area contributed by atoms with E-state index in [-0.39, 0.29) is 6.10 Å². The summed E-state index contributed by atoms with van der Waals surface area (Å²) in [6.45, 7) is 2.22. The first-order chi connectivity index (χ1) is 16.7. The van der Waals surface area contributed by atoms with Crippen LogP contribution in [0.3, 0.4) is 0 Å². The van der Waals surface area contributed by atoms with Crippen molar-refractivity contribution in [3.63, 3.8) is 0 Å². The van der Waals surface area contributed by atoms with E-state index in [1.54, 1.807) is 16.9 Å². The van der Waals surface area contributed by atoms with Crippen molar-refractivity contribution in [1.29, 1.82) is 5.26 Å². The van der Waals surface area contributed by atoms with Gasteiger partial charge < -0.3 is 15.4 Å². The molecular weight excluding hydrogens is 426 g/mol. The van der Waals surface area contributed by atoms with Crippen molar-refractivity contribution in [2.45, 2.75) is 12.5 Å². The molecule has 1 aliphatic heterocycles. The molecule has 0 unspecified atom stereocenters. The molecule has 1 atom stereocenters. The number of nitrogens with one attached hydrogen (secondary N) is 2. The van der Waals surface area contributed by atoms with Gasteiger partial charge in [0.05, 0.1) is 24.0 Å². The second kappa shape index (κ2) is 11.6. The van der Waals surface area contributed by atoms with E-state index >= 15 is 0 Å². The number of nitriles is 1. The quantitative estimate of drug-likeness (QED) is 0.431. The number of anilines is 1. The van der Waals surface area contributed by atoms with E-state index in [1.165, 1.54) is 0 Å². The number of fused-ring (bicyclic) bond motifs is 1. The van der Waals surface area contributed by atoms with Gasteiger partial charge in [-0.2, -0.15) is 10.4 Å². The summed E-state index contributed by atoms with van der Waals surface area (Å²) in [6.07, 6.45) is 8.01. The summed E-state index contributed by atoms with van der Waals surface area (Å²) in [5.41, 5.74) is 4.48. The fourth-order valence-corrected chi connectivity index (χ4v) is 3.44. The third-order valence-corrected chi connectivity index (χ3v) is 5.24. The zero-order valence-electron chi connectivity index (χ0n) is 19.1. The molecule has 0 spiro atoms. The molecule has 34 heavy (non-hydrogen) atoms. The first-order valence-corrected chi connectivity index (χ1v) is 11.2. The van der Waals surface area contributed by atoms with Crippen LogP contribution in [0.4, 0.5) is 5.69 Å². The topological polar surface area (TPSA) is 101 Å². The van der Waals surface area contributed by atoms with Gasteiger partial charge in [-0.15, -0.1) is 0 Å². The maximum Gasteiger partial charge on any atom is 0.237 e. The number of aryl methyl sites for hydroxylation is 1. The van der Waals surface area contributed by atoms with E-state index in [9.17, 15) is 0 Å². The highest BCUT2D eigenvalue weighted by molar-refractivity contribution is 5.69. The fraction of sp³-hybridized carbons (Fsp3) is 0.231. The van der Waals surface area contributed by atoms with Crippen LogP contribution >= 0.6 is 0 Å². The molecule has 8 nitrogen and oxygen atoms in total. The molecule has 5 rings (SSSR count). The molecule has 8 heteroatoms. The molecule has 0 bridgehead atoms. The second-order valence-electron chi connectivity index (χ2n) is 7.86. The van der Waals surface area contributed by atoms with Crippen molar-refractivity contribution in [3.05, 3.63) is 90.6 Å². The van der Waals surface area contributed by atoms with Crippen molar-refractivity contribution in [1.82, 2.24) is 25.1 Å². The monoisotopic (exact) mass is 453 g/mol. The van der Waals surface area contributed by atoms with Gasteiger partial charge in [0, 0.05) is 62.0 Å². The molecule has 0 amide bonds. The predicted octanol–water partition coefficient (Wildman–Crippen LogP) is 3.44. The largest absolute Gasteiger partial charge is 0.470 e. The van der Waals surface area contributed by atoms with Crippen LogP contribution in [0.2, 0.25) is 0 Å². The summed E-state index contributed by atoms with van der Waals surface area (Å²) in [7, 11) is 1.89. The van der Waals surface area contributed by atoms with Gasteiger partial charge in [0.15, 0.2) is 0 Å². The van der Waals surface area contributed by atoms with E-state index in [0.29, 0.717) is 18.0 Å². The zero-order valence-corrected chi connectivity index (χ0v) is 19.1. The third-order valence-electron chi connectivity index (χ3n) is 5.24. The molecule has 1 aromatic carbocycles. The average Bonchev–Trinajstić information content (AvgIpc) is 3.34. The highest BCUT2D eigenvalue weighted by Gasteiger charge is 2.20. The van der Waals surface area contributed by atoms with Crippen LogP contribution in [0.1, 0.15) is 11.3 Å². The van der Waals surface area contributed by atoms with Crippen LogP contribution in [0, 0.1) is 11.3 Å². The average molecular weight is 454 g/mol. The number of hydrogen-bond donors (Lipinski definition) is 2. The lowest BCUT2D eigenvalue weighted by Gasteiger charge is -2.27. The van der Waals surface area contributed by atoms with E-state index in [0.717, 1.165) is 42.0 Å². The zero-order chi connectivity index (χ0) is 23.6. The number of pyridine rings is 2. The maximum atomic E-state index is 8.80. The third kappa shape index (κ3) is 6.40. The lowest BCUT2D eigenvalue weighted by atomic mass is 10.1.